The second-order valence-corrected chi connectivity index (χ2v) is 6.11. The first-order valence-corrected chi connectivity index (χ1v) is 8.90. The number of hydrogen-bond donors (Lipinski definition) is 1. The fourth-order valence-corrected chi connectivity index (χ4v) is 2.58. The van der Waals surface area contributed by atoms with Gasteiger partial charge in [0.1, 0.15) is 11.5 Å². The highest BCUT2D eigenvalue weighted by Gasteiger charge is 2.09. The maximum atomic E-state index is 12.3. The molecule has 0 atom stereocenters. The molecule has 0 bridgehead atoms. The van der Waals surface area contributed by atoms with E-state index in [2.05, 4.69) is 28.2 Å². The van der Waals surface area contributed by atoms with Gasteiger partial charge in [0.15, 0.2) is 0 Å². The molecule has 1 N–H and O–H groups in total. The Bertz CT molecular complexity index is 671. The average Bonchev–Trinajstić information content (AvgIpc) is 2.58. The van der Waals surface area contributed by atoms with Gasteiger partial charge in [-0.25, -0.2) is 0 Å². The van der Waals surface area contributed by atoms with Gasteiger partial charge in [-0.3, -0.25) is 4.79 Å². The van der Waals surface area contributed by atoms with Crippen LogP contribution >= 0.6 is 15.9 Å². The van der Waals surface area contributed by atoms with E-state index in [1.165, 1.54) is 0 Å². The summed E-state index contributed by atoms with van der Waals surface area (Å²) in [6.07, 6.45) is 2.14. The zero-order chi connectivity index (χ0) is 17.4. The lowest BCUT2D eigenvalue weighted by atomic mass is 10.2. The second kappa shape index (κ2) is 9.33. The number of ether oxygens (including phenoxy) is 2. The number of anilines is 1. The number of carbonyl (C=O) groups is 1. The van der Waals surface area contributed by atoms with Crippen molar-refractivity contribution >= 4 is 27.5 Å². The SMILES string of the molecule is CCCCOc1ccc(NC(=O)c2ccc(OCC)c(Br)c2)cc1. The number of benzene rings is 2. The van der Waals surface area contributed by atoms with Crippen LogP contribution in [0.5, 0.6) is 11.5 Å². The van der Waals surface area contributed by atoms with Gasteiger partial charge < -0.3 is 14.8 Å². The number of rotatable bonds is 8. The van der Waals surface area contributed by atoms with Crippen molar-refractivity contribution in [3.8, 4) is 11.5 Å². The van der Waals surface area contributed by atoms with Gasteiger partial charge in [0.25, 0.3) is 5.91 Å². The fourth-order valence-electron chi connectivity index (χ4n) is 2.09. The van der Waals surface area contributed by atoms with E-state index in [1.807, 2.05) is 31.2 Å². The molecular weight excluding hydrogens is 370 g/mol. The van der Waals surface area contributed by atoms with Gasteiger partial charge in [0, 0.05) is 11.3 Å². The van der Waals surface area contributed by atoms with E-state index in [9.17, 15) is 4.79 Å². The van der Waals surface area contributed by atoms with Crippen LogP contribution in [0, 0.1) is 0 Å². The van der Waals surface area contributed by atoms with E-state index in [0.717, 1.165) is 34.5 Å². The van der Waals surface area contributed by atoms with Crippen molar-refractivity contribution in [3.05, 3.63) is 52.5 Å². The van der Waals surface area contributed by atoms with Crippen molar-refractivity contribution in [2.75, 3.05) is 18.5 Å². The third-order valence-electron chi connectivity index (χ3n) is 3.37. The van der Waals surface area contributed by atoms with Crippen LogP contribution in [-0.2, 0) is 0 Å². The number of nitrogens with one attached hydrogen (secondary N) is 1. The highest BCUT2D eigenvalue weighted by atomic mass is 79.9. The maximum Gasteiger partial charge on any atom is 0.255 e. The van der Waals surface area contributed by atoms with Gasteiger partial charge >= 0.3 is 0 Å². The van der Waals surface area contributed by atoms with Crippen LogP contribution in [-0.4, -0.2) is 19.1 Å². The normalized spacial score (nSPS) is 10.3. The van der Waals surface area contributed by atoms with Crippen molar-refractivity contribution in [2.45, 2.75) is 26.7 Å². The Morgan fingerprint density at radius 3 is 2.46 bits per heavy atom. The van der Waals surface area contributed by atoms with Gasteiger partial charge in [0.05, 0.1) is 17.7 Å². The average molecular weight is 392 g/mol. The van der Waals surface area contributed by atoms with Gasteiger partial charge in [-0.1, -0.05) is 13.3 Å². The van der Waals surface area contributed by atoms with E-state index in [-0.39, 0.29) is 5.91 Å². The first-order chi connectivity index (χ1) is 11.6. The molecule has 2 aromatic rings. The van der Waals surface area contributed by atoms with Gasteiger partial charge in [-0.2, -0.15) is 0 Å². The summed E-state index contributed by atoms with van der Waals surface area (Å²) in [6, 6.07) is 12.7. The van der Waals surface area contributed by atoms with Crippen LogP contribution in [0.15, 0.2) is 46.9 Å². The van der Waals surface area contributed by atoms with E-state index in [1.54, 1.807) is 18.2 Å². The molecule has 0 saturated heterocycles. The third kappa shape index (κ3) is 5.27. The number of hydrogen-bond acceptors (Lipinski definition) is 3. The number of carbonyl (C=O) groups excluding carboxylic acids is 1. The summed E-state index contributed by atoms with van der Waals surface area (Å²) in [6.45, 7) is 5.34. The molecule has 2 aromatic carbocycles. The molecule has 0 fully saturated rings. The molecule has 0 aliphatic carbocycles. The standard InChI is InChI=1S/C19H22BrNO3/c1-3-5-12-24-16-9-7-15(8-10-16)21-19(22)14-6-11-18(23-4-2)17(20)13-14/h6-11,13H,3-5,12H2,1-2H3,(H,21,22). The summed E-state index contributed by atoms with van der Waals surface area (Å²) in [4.78, 5) is 12.3. The molecule has 1 amide bonds. The molecule has 0 aliphatic rings. The van der Waals surface area contributed by atoms with Crippen molar-refractivity contribution in [3.63, 3.8) is 0 Å². The predicted octanol–water partition coefficient (Wildman–Crippen LogP) is 5.28. The molecule has 0 radical (unpaired) electrons. The Kier molecular flexibility index (Phi) is 7.12. The summed E-state index contributed by atoms with van der Waals surface area (Å²) in [5.41, 5.74) is 1.29. The lowest BCUT2D eigenvalue weighted by Crippen LogP contribution is -2.12. The highest BCUT2D eigenvalue weighted by Crippen LogP contribution is 2.26. The van der Waals surface area contributed by atoms with Crippen molar-refractivity contribution < 1.29 is 14.3 Å². The maximum absolute atomic E-state index is 12.3. The summed E-state index contributed by atoms with van der Waals surface area (Å²) in [5, 5.41) is 2.88. The first-order valence-electron chi connectivity index (χ1n) is 8.10. The van der Waals surface area contributed by atoms with Crippen LogP contribution in [0.1, 0.15) is 37.0 Å². The van der Waals surface area contributed by atoms with Crippen molar-refractivity contribution in [1.29, 1.82) is 0 Å². The molecule has 4 nitrogen and oxygen atoms in total. The van der Waals surface area contributed by atoms with Gasteiger partial charge in [0.2, 0.25) is 0 Å². The van der Waals surface area contributed by atoms with Crippen molar-refractivity contribution in [2.24, 2.45) is 0 Å². The minimum absolute atomic E-state index is 0.168. The Hall–Kier alpha value is -2.01. The molecule has 128 valence electrons. The van der Waals surface area contributed by atoms with E-state index >= 15 is 0 Å². The van der Waals surface area contributed by atoms with Gasteiger partial charge in [-0.15, -0.1) is 0 Å². The molecule has 5 heteroatoms. The summed E-state index contributed by atoms with van der Waals surface area (Å²) in [5.74, 6) is 1.37. The zero-order valence-electron chi connectivity index (χ0n) is 14.0. The van der Waals surface area contributed by atoms with E-state index in [0.29, 0.717) is 18.8 Å². The number of unbranched alkanes of at least 4 members (excludes halogenated alkanes) is 1. The molecule has 0 saturated carbocycles. The van der Waals surface area contributed by atoms with E-state index in [4.69, 9.17) is 9.47 Å². The molecule has 0 heterocycles. The zero-order valence-corrected chi connectivity index (χ0v) is 15.6. The topological polar surface area (TPSA) is 47.6 Å². The molecule has 0 spiro atoms. The minimum atomic E-state index is -0.168. The lowest BCUT2D eigenvalue weighted by Gasteiger charge is -2.10. The van der Waals surface area contributed by atoms with Crippen LogP contribution in [0.2, 0.25) is 0 Å². The number of halogens is 1. The van der Waals surface area contributed by atoms with Crippen LogP contribution in [0.25, 0.3) is 0 Å². The predicted molar refractivity (Wildman–Crippen MR) is 100 cm³/mol. The summed E-state index contributed by atoms with van der Waals surface area (Å²) < 4.78 is 11.8. The van der Waals surface area contributed by atoms with Gasteiger partial charge in [-0.05, 0) is 71.7 Å². The molecular formula is C19H22BrNO3. The molecule has 24 heavy (non-hydrogen) atoms. The Morgan fingerprint density at radius 1 is 1.08 bits per heavy atom. The number of amides is 1. The Morgan fingerprint density at radius 2 is 1.83 bits per heavy atom. The largest absolute Gasteiger partial charge is 0.494 e. The minimum Gasteiger partial charge on any atom is -0.494 e. The molecule has 0 aliphatic heterocycles. The summed E-state index contributed by atoms with van der Waals surface area (Å²) >= 11 is 3.42. The monoisotopic (exact) mass is 391 g/mol. The molecule has 0 unspecified atom stereocenters. The highest BCUT2D eigenvalue weighted by molar-refractivity contribution is 9.10. The molecule has 0 aromatic heterocycles. The Balaban J connectivity index is 1.97. The van der Waals surface area contributed by atoms with Crippen LogP contribution < -0.4 is 14.8 Å². The third-order valence-corrected chi connectivity index (χ3v) is 3.99. The van der Waals surface area contributed by atoms with Crippen molar-refractivity contribution in [1.82, 2.24) is 0 Å². The lowest BCUT2D eigenvalue weighted by molar-refractivity contribution is 0.102. The smallest absolute Gasteiger partial charge is 0.255 e. The fraction of sp³-hybridized carbons (Fsp3) is 0.316. The van der Waals surface area contributed by atoms with Crippen LogP contribution in [0.3, 0.4) is 0 Å². The first kappa shape index (κ1) is 18.3. The molecule has 2 rings (SSSR count). The van der Waals surface area contributed by atoms with Crippen LogP contribution in [0.4, 0.5) is 5.69 Å². The quantitative estimate of drug-likeness (QED) is 0.622. The summed E-state index contributed by atoms with van der Waals surface area (Å²) in [7, 11) is 0. The second-order valence-electron chi connectivity index (χ2n) is 5.26. The Labute approximate surface area is 151 Å². The van der Waals surface area contributed by atoms with E-state index < -0.39 is 0 Å².